The average Bonchev–Trinajstić information content (AvgIpc) is 1.61. The molecule has 0 N–H and O–H groups in total. The highest BCUT2D eigenvalue weighted by molar-refractivity contribution is 7.26. The second-order valence-electron chi connectivity index (χ2n) is 25.4. The van der Waals surface area contributed by atoms with Gasteiger partial charge in [-0.15, -0.1) is 11.3 Å². The van der Waals surface area contributed by atoms with Gasteiger partial charge >= 0.3 is 0 Å². The molecule has 100 heavy (non-hydrogen) atoms. The maximum atomic E-state index is 6.23. The third-order valence-corrected chi connectivity index (χ3v) is 20.7. The topological polar surface area (TPSA) is 19.6 Å². The van der Waals surface area contributed by atoms with E-state index in [1.54, 1.807) is 0 Å². The van der Waals surface area contributed by atoms with E-state index in [1.165, 1.54) is 70.2 Å². The van der Waals surface area contributed by atoms with E-state index in [2.05, 4.69) is 386 Å². The van der Waals surface area contributed by atoms with E-state index >= 15 is 0 Å². The van der Waals surface area contributed by atoms with Crippen LogP contribution in [0, 0.1) is 0 Å². The predicted molar refractivity (Wildman–Crippen MR) is 425 cm³/mol. The molecule has 0 radical (unpaired) electrons. The van der Waals surface area contributed by atoms with E-state index in [1.807, 2.05) is 23.5 Å². The first-order valence-corrected chi connectivity index (χ1v) is 34.9. The van der Waals surface area contributed by atoms with Crippen LogP contribution in [0.15, 0.2) is 393 Å². The lowest BCUT2D eigenvalue weighted by Crippen LogP contribution is -2.12. The molecule has 0 spiro atoms. The number of benzene rings is 16. The summed E-state index contributed by atoms with van der Waals surface area (Å²) in [6.07, 6.45) is 0. The van der Waals surface area contributed by atoms with E-state index in [4.69, 9.17) is 4.42 Å². The fourth-order valence-corrected chi connectivity index (χ4v) is 16.2. The van der Waals surface area contributed by atoms with Crippen molar-refractivity contribution in [3.05, 3.63) is 388 Å². The van der Waals surface area contributed by atoms with Gasteiger partial charge in [0.05, 0.1) is 11.4 Å². The molecule has 0 atom stereocenters. The Morgan fingerprint density at radius 1 is 0.210 bits per heavy atom. The van der Waals surface area contributed by atoms with Crippen molar-refractivity contribution in [2.75, 3.05) is 9.80 Å². The van der Waals surface area contributed by atoms with E-state index < -0.39 is 0 Å². The molecule has 470 valence electrons. The second kappa shape index (κ2) is 25.9. The Hall–Kier alpha value is -12.9. The first kappa shape index (κ1) is 59.6. The molecule has 2 heterocycles. The van der Waals surface area contributed by atoms with Crippen LogP contribution in [0.25, 0.3) is 142 Å². The number of para-hydroxylation sites is 3. The van der Waals surface area contributed by atoms with Crippen molar-refractivity contribution < 1.29 is 4.42 Å². The molecule has 0 saturated carbocycles. The number of thiophene rings is 1. The Labute approximate surface area is 586 Å². The number of furan rings is 1. The predicted octanol–water partition coefficient (Wildman–Crippen LogP) is 27.9. The summed E-state index contributed by atoms with van der Waals surface area (Å²) >= 11 is 1.88. The summed E-state index contributed by atoms with van der Waals surface area (Å²) in [6, 6.07) is 141. The van der Waals surface area contributed by atoms with Crippen LogP contribution in [-0.4, -0.2) is 0 Å². The lowest BCUT2D eigenvalue weighted by molar-refractivity contribution is 0.669. The zero-order valence-electron chi connectivity index (χ0n) is 54.7. The standard InChI is InChI=1S/C96H64N2OS/c1-6-27-66(28-7-1)77-39-16-18-42-84(77)93-79(67-29-8-2-9-30-67)44-24-49-88(93)98(74-37-14-5-15-38-74)76-60-55-69(56-61-76)81-46-26-52-92-95(81)86-48-23-47-82(96(86)100-92)72-34-22-33-71(63-72)78-40-17-19-43-85(78)94-80(68-31-10-3-11-32-68)45-25-50-89(94)97(73-35-12-4-13-36-73)75-58-53-65(54-59-75)70-57-62-91-87(64-70)83-41-20-21-51-90(83)99-91/h1-64H. The number of fused-ring (bicyclic) bond motifs is 6. The average molecular weight is 1290 g/mol. The van der Waals surface area contributed by atoms with Gasteiger partial charge < -0.3 is 14.2 Å². The van der Waals surface area contributed by atoms with E-state index in [0.29, 0.717) is 0 Å². The lowest BCUT2D eigenvalue weighted by Gasteiger charge is -2.30. The molecule has 0 amide bonds. The van der Waals surface area contributed by atoms with Crippen molar-refractivity contribution in [3.63, 3.8) is 0 Å². The Kier molecular flexibility index (Phi) is 15.5. The first-order chi connectivity index (χ1) is 49.6. The Morgan fingerprint density at radius 3 is 1.16 bits per heavy atom. The minimum atomic E-state index is 0.891. The fourth-order valence-electron chi connectivity index (χ4n) is 14.9. The molecule has 16 aromatic carbocycles. The van der Waals surface area contributed by atoms with Crippen LogP contribution in [0.5, 0.6) is 0 Å². The SMILES string of the molecule is c1ccc(-c2ccccc2-c2c(-c3ccccc3)cccc2N(c2ccccc2)c2ccc(-c3cccc4sc5c(-c6cccc(-c7ccccc7-c7c(-c8ccccc8)cccc7N(c7ccccc7)c7ccc(-c8ccc9oc%10ccccc%10c9c8)cc7)c6)cccc5c34)cc2)cc1. The second-order valence-corrected chi connectivity index (χ2v) is 26.4. The zero-order valence-corrected chi connectivity index (χ0v) is 55.5. The van der Waals surface area contributed by atoms with Gasteiger partial charge in [-0.2, -0.15) is 0 Å². The molecule has 0 aliphatic rings. The minimum Gasteiger partial charge on any atom is -0.456 e. The number of anilines is 6. The third-order valence-electron chi connectivity index (χ3n) is 19.5. The number of hydrogen-bond acceptors (Lipinski definition) is 4. The van der Waals surface area contributed by atoms with Crippen LogP contribution in [0.1, 0.15) is 0 Å². The van der Waals surface area contributed by atoms with Crippen LogP contribution >= 0.6 is 11.3 Å². The Bertz CT molecular complexity index is 6000. The Balaban J connectivity index is 0.725. The quantitative estimate of drug-likeness (QED) is 0.102. The summed E-state index contributed by atoms with van der Waals surface area (Å²) in [4.78, 5) is 4.85. The highest BCUT2D eigenvalue weighted by Gasteiger charge is 2.26. The summed E-state index contributed by atoms with van der Waals surface area (Å²) in [5.74, 6) is 0. The first-order valence-electron chi connectivity index (χ1n) is 34.1. The summed E-state index contributed by atoms with van der Waals surface area (Å²) in [6.45, 7) is 0. The van der Waals surface area contributed by atoms with Crippen LogP contribution in [0.2, 0.25) is 0 Å². The summed E-state index contributed by atoms with van der Waals surface area (Å²) < 4.78 is 8.75. The fraction of sp³-hybridized carbons (Fsp3) is 0. The third kappa shape index (κ3) is 10.9. The van der Waals surface area contributed by atoms with Crippen LogP contribution in [0.3, 0.4) is 0 Å². The van der Waals surface area contributed by atoms with E-state index in [-0.39, 0.29) is 0 Å². The minimum absolute atomic E-state index is 0.891. The van der Waals surface area contributed by atoms with Crippen molar-refractivity contribution in [2.24, 2.45) is 0 Å². The van der Waals surface area contributed by atoms with Gasteiger partial charge in [-0.3, -0.25) is 0 Å². The molecule has 0 saturated heterocycles. The van der Waals surface area contributed by atoms with Gasteiger partial charge in [0.15, 0.2) is 0 Å². The van der Waals surface area contributed by atoms with Crippen molar-refractivity contribution in [1.29, 1.82) is 0 Å². The smallest absolute Gasteiger partial charge is 0.135 e. The largest absolute Gasteiger partial charge is 0.456 e. The van der Waals surface area contributed by atoms with Crippen LogP contribution in [-0.2, 0) is 0 Å². The van der Waals surface area contributed by atoms with Crippen molar-refractivity contribution >= 4 is 87.6 Å². The van der Waals surface area contributed by atoms with Crippen molar-refractivity contribution in [3.8, 4) is 100 Å². The molecule has 0 fully saturated rings. The molecule has 4 heteroatoms. The highest BCUT2D eigenvalue weighted by atomic mass is 32.1. The lowest BCUT2D eigenvalue weighted by atomic mass is 9.87. The maximum Gasteiger partial charge on any atom is 0.135 e. The molecule has 0 bridgehead atoms. The normalized spacial score (nSPS) is 11.4. The molecule has 18 aromatic rings. The van der Waals surface area contributed by atoms with E-state index in [0.717, 1.165) is 106 Å². The van der Waals surface area contributed by atoms with Gasteiger partial charge in [0.25, 0.3) is 0 Å². The van der Waals surface area contributed by atoms with Gasteiger partial charge in [-0.1, -0.05) is 297 Å². The summed E-state index contributed by atoms with van der Waals surface area (Å²) in [7, 11) is 0. The van der Waals surface area contributed by atoms with Crippen molar-refractivity contribution in [2.45, 2.75) is 0 Å². The summed E-state index contributed by atoms with van der Waals surface area (Å²) in [5.41, 5.74) is 29.2. The molecular formula is C96H64N2OS. The highest BCUT2D eigenvalue weighted by Crippen LogP contribution is 2.52. The number of rotatable bonds is 15. The van der Waals surface area contributed by atoms with Gasteiger partial charge in [0, 0.05) is 64.8 Å². The van der Waals surface area contributed by atoms with Gasteiger partial charge in [0.1, 0.15) is 11.2 Å². The summed E-state index contributed by atoms with van der Waals surface area (Å²) in [5, 5.41) is 4.75. The van der Waals surface area contributed by atoms with Crippen molar-refractivity contribution in [1.82, 2.24) is 0 Å². The zero-order chi connectivity index (χ0) is 66.3. The van der Waals surface area contributed by atoms with Gasteiger partial charge in [-0.05, 0) is 180 Å². The Morgan fingerprint density at radius 2 is 0.580 bits per heavy atom. The van der Waals surface area contributed by atoms with Gasteiger partial charge in [-0.25, -0.2) is 0 Å². The maximum absolute atomic E-state index is 6.23. The molecule has 3 nitrogen and oxygen atoms in total. The molecule has 0 aliphatic heterocycles. The molecule has 0 aliphatic carbocycles. The number of nitrogens with zero attached hydrogens (tertiary/aromatic N) is 2. The van der Waals surface area contributed by atoms with Crippen LogP contribution < -0.4 is 9.80 Å². The molecule has 0 unspecified atom stereocenters. The molecule has 2 aromatic heterocycles. The van der Waals surface area contributed by atoms with Gasteiger partial charge in [0.2, 0.25) is 0 Å². The molecular weight excluding hydrogens is 1230 g/mol. The number of hydrogen-bond donors (Lipinski definition) is 0. The monoisotopic (exact) mass is 1290 g/mol. The van der Waals surface area contributed by atoms with E-state index in [9.17, 15) is 0 Å². The van der Waals surface area contributed by atoms with Crippen LogP contribution in [0.4, 0.5) is 34.1 Å². The molecule has 18 rings (SSSR count).